The van der Waals surface area contributed by atoms with Crippen molar-refractivity contribution in [3.8, 4) is 0 Å². The summed E-state index contributed by atoms with van der Waals surface area (Å²) in [6.45, 7) is 1.89. The van der Waals surface area contributed by atoms with Crippen molar-refractivity contribution in [2.24, 2.45) is 0 Å². The van der Waals surface area contributed by atoms with Gasteiger partial charge in [-0.1, -0.05) is 0 Å². The van der Waals surface area contributed by atoms with Gasteiger partial charge in [0.25, 0.3) is 0 Å². The molecule has 0 aliphatic rings. The lowest BCUT2D eigenvalue weighted by Crippen LogP contribution is -2.29. The van der Waals surface area contributed by atoms with Gasteiger partial charge in [0, 0.05) is 14.1 Å². The molecule has 1 aromatic rings. The predicted molar refractivity (Wildman–Crippen MR) is 56.2 cm³/mol. The highest BCUT2D eigenvalue weighted by atomic mass is 32.2. The molecule has 0 amide bonds. The highest BCUT2D eigenvalue weighted by Crippen LogP contribution is 2.05. The van der Waals surface area contributed by atoms with Crippen LogP contribution < -0.4 is 0 Å². The average Bonchev–Trinajstić information content (AvgIpc) is 2.67. The van der Waals surface area contributed by atoms with Crippen molar-refractivity contribution in [3.05, 3.63) is 18.0 Å². The minimum atomic E-state index is -3.67. The first-order valence-corrected chi connectivity index (χ1v) is 5.94. The number of esters is 1. The van der Waals surface area contributed by atoms with Crippen LogP contribution in [0.3, 0.4) is 0 Å². The van der Waals surface area contributed by atoms with Crippen molar-refractivity contribution in [2.75, 3.05) is 20.7 Å². The van der Waals surface area contributed by atoms with Gasteiger partial charge in [0.05, 0.1) is 24.6 Å². The number of ether oxygens (including phenoxy) is 1. The van der Waals surface area contributed by atoms with Crippen molar-refractivity contribution < 1.29 is 17.9 Å². The van der Waals surface area contributed by atoms with Crippen LogP contribution in [0, 0.1) is 0 Å². The molecule has 0 atom stereocenters. The number of nitrogens with zero attached hydrogens (tertiary/aromatic N) is 3. The maximum atomic E-state index is 11.6. The molecule has 1 aromatic heterocycles. The standard InChI is InChI=1S/C8H13N3O4S/c1-4-15-8(12)7-5-9-11(6-7)16(13,14)10(2)3/h5-6H,4H2,1-3H3. The molecule has 90 valence electrons. The zero-order chi connectivity index (χ0) is 12.3. The Hall–Kier alpha value is -1.41. The number of hydrogen-bond donors (Lipinski definition) is 0. The van der Waals surface area contributed by atoms with Gasteiger partial charge in [-0.25, -0.2) is 4.79 Å². The first kappa shape index (κ1) is 12.7. The highest BCUT2D eigenvalue weighted by molar-refractivity contribution is 7.87. The molecular weight excluding hydrogens is 234 g/mol. The van der Waals surface area contributed by atoms with Crippen molar-refractivity contribution in [3.63, 3.8) is 0 Å². The van der Waals surface area contributed by atoms with Crippen LogP contribution in [0.4, 0.5) is 0 Å². The summed E-state index contributed by atoms with van der Waals surface area (Å²) in [5.74, 6) is -0.595. The largest absolute Gasteiger partial charge is 0.462 e. The third kappa shape index (κ3) is 2.39. The molecule has 0 unspecified atom stereocenters. The van der Waals surface area contributed by atoms with Crippen LogP contribution in [0.2, 0.25) is 0 Å². The van der Waals surface area contributed by atoms with Crippen molar-refractivity contribution in [1.82, 2.24) is 13.5 Å². The highest BCUT2D eigenvalue weighted by Gasteiger charge is 2.19. The fourth-order valence-electron chi connectivity index (χ4n) is 0.918. The number of hydrogen-bond acceptors (Lipinski definition) is 5. The smallest absolute Gasteiger partial charge is 0.341 e. The van der Waals surface area contributed by atoms with E-state index >= 15 is 0 Å². The second-order valence-corrected chi connectivity index (χ2v) is 5.11. The maximum absolute atomic E-state index is 11.6. The summed E-state index contributed by atoms with van der Waals surface area (Å²) >= 11 is 0. The fourth-order valence-corrected chi connectivity index (χ4v) is 1.67. The summed E-state index contributed by atoms with van der Waals surface area (Å²) in [5, 5.41) is 3.60. The lowest BCUT2D eigenvalue weighted by atomic mass is 10.4. The van der Waals surface area contributed by atoms with Crippen LogP contribution in [0.25, 0.3) is 0 Å². The Morgan fingerprint density at radius 2 is 2.19 bits per heavy atom. The Balaban J connectivity index is 3.00. The summed E-state index contributed by atoms with van der Waals surface area (Å²) in [7, 11) is -0.921. The second-order valence-electron chi connectivity index (χ2n) is 3.11. The van der Waals surface area contributed by atoms with Gasteiger partial charge in [0.2, 0.25) is 0 Å². The molecule has 16 heavy (non-hydrogen) atoms. The second kappa shape index (κ2) is 4.62. The van der Waals surface area contributed by atoms with Crippen molar-refractivity contribution >= 4 is 16.2 Å². The van der Waals surface area contributed by atoms with Crippen LogP contribution in [0.15, 0.2) is 12.4 Å². The number of carbonyl (C=O) groups excluding carboxylic acids is 1. The first-order chi connectivity index (χ1) is 7.39. The zero-order valence-electron chi connectivity index (χ0n) is 9.24. The predicted octanol–water partition coefficient (Wildman–Crippen LogP) is -0.286. The minimum absolute atomic E-state index is 0.104. The molecule has 0 fully saturated rings. The Morgan fingerprint density at radius 3 is 2.69 bits per heavy atom. The van der Waals surface area contributed by atoms with E-state index in [-0.39, 0.29) is 12.2 Å². The van der Waals surface area contributed by atoms with Crippen LogP contribution in [-0.4, -0.2) is 48.6 Å². The molecule has 0 aliphatic heterocycles. The summed E-state index contributed by atoms with van der Waals surface area (Å²) < 4.78 is 29.6. The van der Waals surface area contributed by atoms with Gasteiger partial charge in [-0.15, -0.1) is 0 Å². The molecule has 0 N–H and O–H groups in total. The molecule has 0 saturated carbocycles. The van der Waals surface area contributed by atoms with E-state index in [1.165, 1.54) is 14.1 Å². The molecule has 7 nitrogen and oxygen atoms in total. The number of rotatable bonds is 4. The van der Waals surface area contributed by atoms with Gasteiger partial charge in [0.1, 0.15) is 0 Å². The van der Waals surface area contributed by atoms with Crippen LogP contribution in [0.5, 0.6) is 0 Å². The Labute approximate surface area is 93.8 Å². The van der Waals surface area contributed by atoms with E-state index in [0.29, 0.717) is 0 Å². The van der Waals surface area contributed by atoms with Gasteiger partial charge < -0.3 is 4.74 Å². The maximum Gasteiger partial charge on any atom is 0.341 e. The molecule has 0 saturated heterocycles. The lowest BCUT2D eigenvalue weighted by molar-refractivity contribution is 0.0526. The summed E-state index contributed by atoms with van der Waals surface area (Å²) in [4.78, 5) is 11.3. The topological polar surface area (TPSA) is 81.5 Å². The van der Waals surface area contributed by atoms with Gasteiger partial charge >= 0.3 is 16.2 Å². The molecule has 1 heterocycles. The minimum Gasteiger partial charge on any atom is -0.462 e. The van der Waals surface area contributed by atoms with Gasteiger partial charge in [-0.05, 0) is 6.92 Å². The SMILES string of the molecule is CCOC(=O)c1cnn(S(=O)(=O)N(C)C)c1. The van der Waals surface area contributed by atoms with E-state index in [1.807, 2.05) is 0 Å². The summed E-state index contributed by atoms with van der Waals surface area (Å²) in [5.41, 5.74) is 0.104. The molecule has 0 radical (unpaired) electrons. The normalized spacial score (nSPS) is 11.8. The molecule has 0 aliphatic carbocycles. The van der Waals surface area contributed by atoms with Gasteiger partial charge in [0.15, 0.2) is 0 Å². The Morgan fingerprint density at radius 1 is 1.56 bits per heavy atom. The number of carbonyl (C=O) groups is 1. The molecule has 8 heteroatoms. The quantitative estimate of drug-likeness (QED) is 0.683. The van der Waals surface area contributed by atoms with Gasteiger partial charge in [-0.3, -0.25) is 0 Å². The lowest BCUT2D eigenvalue weighted by Gasteiger charge is -2.09. The third-order valence-corrected chi connectivity index (χ3v) is 3.36. The molecule has 0 bridgehead atoms. The van der Waals surface area contributed by atoms with E-state index in [4.69, 9.17) is 4.74 Å². The molecular formula is C8H13N3O4S. The van der Waals surface area contributed by atoms with Crippen LogP contribution in [-0.2, 0) is 14.9 Å². The van der Waals surface area contributed by atoms with E-state index < -0.39 is 16.2 Å². The van der Waals surface area contributed by atoms with Gasteiger partial charge in [-0.2, -0.15) is 21.9 Å². The monoisotopic (exact) mass is 247 g/mol. The Kier molecular flexibility index (Phi) is 3.66. The summed E-state index contributed by atoms with van der Waals surface area (Å²) in [6, 6.07) is 0. The van der Waals surface area contributed by atoms with E-state index in [1.54, 1.807) is 6.92 Å². The van der Waals surface area contributed by atoms with E-state index in [0.717, 1.165) is 20.8 Å². The van der Waals surface area contributed by atoms with Crippen molar-refractivity contribution in [2.45, 2.75) is 6.92 Å². The molecule has 1 rings (SSSR count). The van der Waals surface area contributed by atoms with E-state index in [9.17, 15) is 13.2 Å². The van der Waals surface area contributed by atoms with Crippen LogP contribution in [0.1, 0.15) is 17.3 Å². The first-order valence-electron chi connectivity index (χ1n) is 4.54. The van der Waals surface area contributed by atoms with Crippen LogP contribution >= 0.6 is 0 Å². The average molecular weight is 247 g/mol. The van der Waals surface area contributed by atoms with Crippen molar-refractivity contribution in [1.29, 1.82) is 0 Å². The number of aromatic nitrogens is 2. The summed E-state index contributed by atoms with van der Waals surface area (Å²) in [6.07, 6.45) is 2.27. The molecule has 0 aromatic carbocycles. The Bertz CT molecular complexity index is 477. The third-order valence-electron chi connectivity index (χ3n) is 1.77. The molecule has 0 spiro atoms. The fraction of sp³-hybridized carbons (Fsp3) is 0.500. The van der Waals surface area contributed by atoms with E-state index in [2.05, 4.69) is 5.10 Å². The zero-order valence-corrected chi connectivity index (χ0v) is 10.1.